The summed E-state index contributed by atoms with van der Waals surface area (Å²) in [6.45, 7) is 10.7. The average Bonchev–Trinajstić information content (AvgIpc) is 3.03. The topological polar surface area (TPSA) is 46.3 Å². The Morgan fingerprint density at radius 3 is 2.56 bits per heavy atom. The Labute approximate surface area is 160 Å². The second-order valence-electron chi connectivity index (χ2n) is 7.20. The molecule has 2 N–H and O–H groups in total. The molecule has 0 saturated carbocycles. The van der Waals surface area contributed by atoms with E-state index in [1.807, 2.05) is 19.9 Å². The van der Waals surface area contributed by atoms with Crippen LogP contribution in [0.2, 0.25) is 0 Å². The number of nitrogens with one attached hydrogen (secondary N) is 2. The smallest absolute Gasteiger partial charge is 0.124 e. The summed E-state index contributed by atoms with van der Waals surface area (Å²) in [6, 6.07) is 10.9. The van der Waals surface area contributed by atoms with Crippen LogP contribution in [0.4, 0.5) is 0 Å². The molecule has 2 heterocycles. The fourth-order valence-corrected chi connectivity index (χ4v) is 4.05. The monoisotopic (exact) mass is 364 g/mol. The Bertz CT molecular complexity index is 974. The SMILES string of the molecule is CCOc1ccc2[nH]c3c(c2c1)CCNC3c1cc(C)c(C)cc1OCC. The third-order valence-electron chi connectivity index (χ3n) is 5.47. The number of benzene rings is 2. The molecular formula is C23H28N2O2. The Hall–Kier alpha value is -2.46. The summed E-state index contributed by atoms with van der Waals surface area (Å²) in [7, 11) is 0. The zero-order chi connectivity index (χ0) is 19.0. The van der Waals surface area contributed by atoms with Gasteiger partial charge in [0.1, 0.15) is 11.5 Å². The van der Waals surface area contributed by atoms with Crippen molar-refractivity contribution in [3.05, 3.63) is 58.3 Å². The Morgan fingerprint density at radius 2 is 1.78 bits per heavy atom. The molecule has 1 aromatic heterocycles. The maximum Gasteiger partial charge on any atom is 0.124 e. The van der Waals surface area contributed by atoms with Crippen molar-refractivity contribution in [2.24, 2.45) is 0 Å². The van der Waals surface area contributed by atoms with Crippen molar-refractivity contribution in [1.29, 1.82) is 0 Å². The molecule has 1 unspecified atom stereocenters. The minimum Gasteiger partial charge on any atom is -0.494 e. The predicted molar refractivity (Wildman–Crippen MR) is 110 cm³/mol. The van der Waals surface area contributed by atoms with Crippen molar-refractivity contribution in [3.8, 4) is 11.5 Å². The molecule has 0 aliphatic carbocycles. The molecule has 3 aromatic rings. The van der Waals surface area contributed by atoms with E-state index in [2.05, 4.69) is 48.4 Å². The standard InChI is InChI=1S/C23H28N2O2/c1-5-26-16-7-8-20-18(13-16)17-9-10-24-22(23(17)25-20)19-11-14(3)15(4)12-21(19)27-6-2/h7-8,11-13,22,24-25H,5-6,9-10H2,1-4H3. The highest BCUT2D eigenvalue weighted by Gasteiger charge is 2.28. The molecule has 27 heavy (non-hydrogen) atoms. The van der Waals surface area contributed by atoms with Gasteiger partial charge in [0.25, 0.3) is 0 Å². The number of aromatic amines is 1. The molecule has 0 bridgehead atoms. The van der Waals surface area contributed by atoms with Gasteiger partial charge in [-0.3, -0.25) is 0 Å². The first kappa shape index (κ1) is 17.9. The Kier molecular flexibility index (Phi) is 4.83. The van der Waals surface area contributed by atoms with Gasteiger partial charge in [-0.15, -0.1) is 0 Å². The summed E-state index contributed by atoms with van der Waals surface area (Å²) in [4.78, 5) is 3.66. The van der Waals surface area contributed by atoms with Crippen LogP contribution < -0.4 is 14.8 Å². The number of hydrogen-bond donors (Lipinski definition) is 2. The lowest BCUT2D eigenvalue weighted by Gasteiger charge is -2.27. The number of rotatable bonds is 5. The molecule has 2 aromatic carbocycles. The van der Waals surface area contributed by atoms with E-state index in [1.165, 1.54) is 38.9 Å². The lowest BCUT2D eigenvalue weighted by molar-refractivity contribution is 0.332. The maximum absolute atomic E-state index is 5.99. The van der Waals surface area contributed by atoms with Gasteiger partial charge in [0.2, 0.25) is 0 Å². The number of hydrogen-bond acceptors (Lipinski definition) is 3. The molecule has 142 valence electrons. The summed E-state index contributed by atoms with van der Waals surface area (Å²) in [5.41, 5.74) is 7.55. The van der Waals surface area contributed by atoms with Gasteiger partial charge in [-0.25, -0.2) is 0 Å². The van der Waals surface area contributed by atoms with Gasteiger partial charge >= 0.3 is 0 Å². The zero-order valence-corrected chi connectivity index (χ0v) is 16.6. The average molecular weight is 364 g/mol. The lowest BCUT2D eigenvalue weighted by Crippen LogP contribution is -2.31. The summed E-state index contributed by atoms with van der Waals surface area (Å²) < 4.78 is 11.7. The Balaban J connectivity index is 1.84. The van der Waals surface area contributed by atoms with E-state index in [0.29, 0.717) is 13.2 Å². The molecule has 0 spiro atoms. The van der Waals surface area contributed by atoms with E-state index in [-0.39, 0.29) is 6.04 Å². The summed E-state index contributed by atoms with van der Waals surface area (Å²) >= 11 is 0. The zero-order valence-electron chi connectivity index (χ0n) is 16.6. The van der Waals surface area contributed by atoms with Crippen molar-refractivity contribution in [3.63, 3.8) is 0 Å². The van der Waals surface area contributed by atoms with Crippen LogP contribution in [0.15, 0.2) is 30.3 Å². The van der Waals surface area contributed by atoms with Crippen LogP contribution in [0.25, 0.3) is 10.9 Å². The van der Waals surface area contributed by atoms with Gasteiger partial charge in [-0.1, -0.05) is 6.07 Å². The number of H-pyrrole nitrogens is 1. The van der Waals surface area contributed by atoms with Crippen LogP contribution >= 0.6 is 0 Å². The number of fused-ring (bicyclic) bond motifs is 3. The molecule has 1 aliphatic rings. The number of ether oxygens (including phenoxy) is 2. The first-order valence-corrected chi connectivity index (χ1v) is 9.87. The van der Waals surface area contributed by atoms with Crippen molar-refractivity contribution >= 4 is 10.9 Å². The predicted octanol–water partition coefficient (Wildman–Crippen LogP) is 4.82. The molecule has 4 rings (SSSR count). The van der Waals surface area contributed by atoms with Gasteiger partial charge in [0.15, 0.2) is 0 Å². The van der Waals surface area contributed by atoms with Crippen molar-refractivity contribution in [2.45, 2.75) is 40.2 Å². The van der Waals surface area contributed by atoms with Gasteiger partial charge < -0.3 is 19.8 Å². The second-order valence-corrected chi connectivity index (χ2v) is 7.20. The van der Waals surface area contributed by atoms with Crippen LogP contribution in [-0.2, 0) is 6.42 Å². The van der Waals surface area contributed by atoms with E-state index in [9.17, 15) is 0 Å². The van der Waals surface area contributed by atoms with E-state index < -0.39 is 0 Å². The number of aromatic nitrogens is 1. The largest absolute Gasteiger partial charge is 0.494 e. The molecule has 4 heteroatoms. The van der Waals surface area contributed by atoms with E-state index in [4.69, 9.17) is 9.47 Å². The molecule has 0 saturated heterocycles. The summed E-state index contributed by atoms with van der Waals surface area (Å²) in [6.07, 6.45) is 1.01. The third kappa shape index (κ3) is 3.19. The van der Waals surface area contributed by atoms with E-state index in [1.54, 1.807) is 0 Å². The van der Waals surface area contributed by atoms with E-state index >= 15 is 0 Å². The quantitative estimate of drug-likeness (QED) is 0.682. The molecular weight excluding hydrogens is 336 g/mol. The van der Waals surface area contributed by atoms with Crippen molar-refractivity contribution < 1.29 is 9.47 Å². The molecule has 0 radical (unpaired) electrons. The number of aryl methyl sites for hydroxylation is 2. The fraction of sp³-hybridized carbons (Fsp3) is 0.391. The van der Waals surface area contributed by atoms with Crippen LogP contribution in [0.3, 0.4) is 0 Å². The molecule has 1 atom stereocenters. The molecule has 0 fully saturated rings. The van der Waals surface area contributed by atoms with Gasteiger partial charge in [-0.2, -0.15) is 0 Å². The van der Waals surface area contributed by atoms with Crippen LogP contribution in [0.1, 0.15) is 47.8 Å². The first-order valence-electron chi connectivity index (χ1n) is 9.87. The van der Waals surface area contributed by atoms with Crippen LogP contribution in [-0.4, -0.2) is 24.7 Å². The lowest BCUT2D eigenvalue weighted by atomic mass is 9.92. The van der Waals surface area contributed by atoms with E-state index in [0.717, 1.165) is 24.5 Å². The Morgan fingerprint density at radius 1 is 1.00 bits per heavy atom. The van der Waals surface area contributed by atoms with Crippen LogP contribution in [0, 0.1) is 13.8 Å². The summed E-state index contributed by atoms with van der Waals surface area (Å²) in [5, 5.41) is 4.96. The minimum absolute atomic E-state index is 0.109. The fourth-order valence-electron chi connectivity index (χ4n) is 4.05. The first-order chi connectivity index (χ1) is 13.1. The highest BCUT2D eigenvalue weighted by atomic mass is 16.5. The molecule has 0 amide bonds. The van der Waals surface area contributed by atoms with Crippen LogP contribution in [0.5, 0.6) is 11.5 Å². The van der Waals surface area contributed by atoms with Gasteiger partial charge in [-0.05, 0) is 75.1 Å². The highest BCUT2D eigenvalue weighted by Crippen LogP contribution is 2.39. The minimum atomic E-state index is 0.109. The molecule has 4 nitrogen and oxygen atoms in total. The normalized spacial score (nSPS) is 16.4. The van der Waals surface area contributed by atoms with Crippen molar-refractivity contribution in [2.75, 3.05) is 19.8 Å². The molecule has 1 aliphatic heterocycles. The third-order valence-corrected chi connectivity index (χ3v) is 5.47. The summed E-state index contributed by atoms with van der Waals surface area (Å²) in [5.74, 6) is 1.91. The highest BCUT2D eigenvalue weighted by molar-refractivity contribution is 5.86. The van der Waals surface area contributed by atoms with Gasteiger partial charge in [0.05, 0.1) is 19.3 Å². The maximum atomic E-state index is 5.99. The van der Waals surface area contributed by atoms with Crippen molar-refractivity contribution in [1.82, 2.24) is 10.3 Å². The second kappa shape index (κ2) is 7.28. The van der Waals surface area contributed by atoms with Gasteiger partial charge in [0, 0.05) is 28.7 Å².